The average Bonchev–Trinajstić information content (AvgIpc) is 3.01. The van der Waals surface area contributed by atoms with E-state index in [4.69, 9.17) is 4.52 Å². The highest BCUT2D eigenvalue weighted by molar-refractivity contribution is 5.26. The molecule has 1 saturated heterocycles. The largest absolute Gasteiger partial charge is 0.364 e. The van der Waals surface area contributed by atoms with Gasteiger partial charge in [0.15, 0.2) is 0 Å². The molecule has 4 heteroatoms. The van der Waals surface area contributed by atoms with Crippen LogP contribution in [0.1, 0.15) is 29.8 Å². The summed E-state index contributed by atoms with van der Waals surface area (Å²) in [5, 5.41) is 7.51. The third kappa shape index (κ3) is 2.92. The van der Waals surface area contributed by atoms with Gasteiger partial charge in [-0.2, -0.15) is 0 Å². The van der Waals surface area contributed by atoms with Gasteiger partial charge in [0.1, 0.15) is 6.26 Å². The van der Waals surface area contributed by atoms with Gasteiger partial charge in [0, 0.05) is 38.3 Å². The lowest BCUT2D eigenvalue weighted by molar-refractivity contribution is 0.150. The van der Waals surface area contributed by atoms with Crippen LogP contribution in [-0.2, 0) is 13.0 Å². The second kappa shape index (κ2) is 6.20. The van der Waals surface area contributed by atoms with Crippen LogP contribution < -0.4 is 5.32 Å². The molecule has 1 atom stereocenters. The first kappa shape index (κ1) is 13.3. The lowest BCUT2D eigenvalue weighted by Gasteiger charge is -2.36. The molecule has 0 bridgehead atoms. The maximum Gasteiger partial charge on any atom is 0.124 e. The molecule has 1 aromatic heterocycles. The summed E-state index contributed by atoms with van der Waals surface area (Å²) in [5.74, 6) is 0. The molecule has 1 fully saturated rings. The number of nitrogens with one attached hydrogen (secondary N) is 1. The van der Waals surface area contributed by atoms with E-state index in [0.29, 0.717) is 6.04 Å². The van der Waals surface area contributed by atoms with Gasteiger partial charge in [-0.3, -0.25) is 4.90 Å². The molecule has 1 aliphatic heterocycles. The number of benzene rings is 1. The summed E-state index contributed by atoms with van der Waals surface area (Å²) < 4.78 is 4.93. The second-order valence-corrected chi connectivity index (χ2v) is 5.28. The molecule has 4 nitrogen and oxygen atoms in total. The summed E-state index contributed by atoms with van der Waals surface area (Å²) in [4.78, 5) is 2.47. The van der Waals surface area contributed by atoms with Gasteiger partial charge in [-0.05, 0) is 17.5 Å². The lowest BCUT2D eigenvalue weighted by atomic mass is 10.0. The molecular weight excluding hydrogens is 250 g/mol. The van der Waals surface area contributed by atoms with E-state index in [1.54, 1.807) is 6.26 Å². The lowest BCUT2D eigenvalue weighted by Crippen LogP contribution is -2.45. The molecule has 1 N–H and O–H groups in total. The van der Waals surface area contributed by atoms with Crippen LogP contribution in [-0.4, -0.2) is 29.7 Å². The Bertz CT molecular complexity index is 521. The molecule has 2 aromatic rings. The van der Waals surface area contributed by atoms with Crippen molar-refractivity contribution >= 4 is 0 Å². The highest BCUT2D eigenvalue weighted by atomic mass is 16.5. The quantitative estimate of drug-likeness (QED) is 0.927. The van der Waals surface area contributed by atoms with Crippen LogP contribution in [0.25, 0.3) is 0 Å². The van der Waals surface area contributed by atoms with Crippen molar-refractivity contribution in [3.63, 3.8) is 0 Å². The number of rotatable bonds is 4. The number of nitrogens with zero attached hydrogens (tertiary/aromatic N) is 2. The fourth-order valence-electron chi connectivity index (χ4n) is 2.77. The van der Waals surface area contributed by atoms with Gasteiger partial charge >= 0.3 is 0 Å². The smallest absolute Gasteiger partial charge is 0.124 e. The summed E-state index contributed by atoms with van der Waals surface area (Å²) in [7, 11) is 0. The molecule has 1 aromatic carbocycles. The zero-order valence-corrected chi connectivity index (χ0v) is 11.9. The molecule has 0 radical (unpaired) electrons. The SMILES string of the molecule is CCc1ccc(C2CNCCN2Cc2ccon2)cc1. The van der Waals surface area contributed by atoms with Crippen LogP contribution in [0.2, 0.25) is 0 Å². The molecule has 1 unspecified atom stereocenters. The van der Waals surface area contributed by atoms with Crippen LogP contribution in [0.5, 0.6) is 0 Å². The standard InChI is InChI=1S/C16H21N3O/c1-2-13-3-5-14(6-4-13)16-11-17-8-9-19(16)12-15-7-10-20-18-15/h3-7,10,16-17H,2,8-9,11-12H2,1H3. The summed E-state index contributed by atoms with van der Waals surface area (Å²) >= 11 is 0. The zero-order valence-electron chi connectivity index (χ0n) is 11.9. The van der Waals surface area contributed by atoms with Crippen LogP contribution in [0.4, 0.5) is 0 Å². The summed E-state index contributed by atoms with van der Waals surface area (Å²) in [6.45, 7) is 6.09. The maximum atomic E-state index is 4.93. The molecule has 3 rings (SSSR count). The third-order valence-corrected chi connectivity index (χ3v) is 3.98. The highest BCUT2D eigenvalue weighted by Gasteiger charge is 2.24. The summed E-state index contributed by atoms with van der Waals surface area (Å²) in [6, 6.07) is 11.3. The van der Waals surface area contributed by atoms with E-state index in [9.17, 15) is 0 Å². The number of hydrogen-bond acceptors (Lipinski definition) is 4. The normalized spacial score (nSPS) is 20.1. The highest BCUT2D eigenvalue weighted by Crippen LogP contribution is 2.24. The van der Waals surface area contributed by atoms with E-state index >= 15 is 0 Å². The van der Waals surface area contributed by atoms with Gasteiger partial charge in [0.05, 0.1) is 5.69 Å². The van der Waals surface area contributed by atoms with Crippen molar-refractivity contribution < 1.29 is 4.52 Å². The van der Waals surface area contributed by atoms with E-state index in [0.717, 1.165) is 38.3 Å². The summed E-state index contributed by atoms with van der Waals surface area (Å²) in [5.41, 5.74) is 3.76. The van der Waals surface area contributed by atoms with Gasteiger partial charge in [0.2, 0.25) is 0 Å². The van der Waals surface area contributed by atoms with Crippen LogP contribution in [0, 0.1) is 0 Å². The van der Waals surface area contributed by atoms with Gasteiger partial charge < -0.3 is 9.84 Å². The molecule has 0 aliphatic carbocycles. The molecule has 0 amide bonds. The molecule has 1 aliphatic rings. The molecule has 106 valence electrons. The van der Waals surface area contributed by atoms with Gasteiger partial charge in [-0.1, -0.05) is 36.3 Å². The van der Waals surface area contributed by atoms with Crippen molar-refractivity contribution in [1.82, 2.24) is 15.4 Å². The number of hydrogen-bond donors (Lipinski definition) is 1. The monoisotopic (exact) mass is 271 g/mol. The van der Waals surface area contributed by atoms with Crippen LogP contribution >= 0.6 is 0 Å². The van der Waals surface area contributed by atoms with Crippen LogP contribution in [0.3, 0.4) is 0 Å². The Balaban J connectivity index is 1.77. The fraction of sp³-hybridized carbons (Fsp3) is 0.438. The number of aryl methyl sites for hydroxylation is 1. The fourth-order valence-corrected chi connectivity index (χ4v) is 2.77. The van der Waals surface area contributed by atoms with Crippen molar-refractivity contribution in [2.45, 2.75) is 25.9 Å². The minimum atomic E-state index is 0.409. The maximum absolute atomic E-state index is 4.93. The van der Waals surface area contributed by atoms with Crippen molar-refractivity contribution in [3.05, 3.63) is 53.4 Å². The molecular formula is C16H21N3O. The first-order valence-corrected chi connectivity index (χ1v) is 7.29. The Hall–Kier alpha value is -1.65. The Labute approximate surface area is 119 Å². The van der Waals surface area contributed by atoms with Crippen molar-refractivity contribution in [1.29, 1.82) is 0 Å². The van der Waals surface area contributed by atoms with E-state index in [1.807, 2.05) is 6.07 Å². The first-order chi connectivity index (χ1) is 9.86. The zero-order chi connectivity index (χ0) is 13.8. The predicted molar refractivity (Wildman–Crippen MR) is 78.3 cm³/mol. The Morgan fingerprint density at radius 1 is 1.30 bits per heavy atom. The molecule has 0 saturated carbocycles. The second-order valence-electron chi connectivity index (χ2n) is 5.28. The van der Waals surface area contributed by atoms with E-state index in [-0.39, 0.29) is 0 Å². The minimum Gasteiger partial charge on any atom is -0.364 e. The van der Waals surface area contributed by atoms with Crippen LogP contribution in [0.15, 0.2) is 41.1 Å². The predicted octanol–water partition coefficient (Wildman–Crippen LogP) is 2.38. The first-order valence-electron chi connectivity index (χ1n) is 7.29. The third-order valence-electron chi connectivity index (χ3n) is 3.98. The van der Waals surface area contributed by atoms with Crippen molar-refractivity contribution in [3.8, 4) is 0 Å². The summed E-state index contributed by atoms with van der Waals surface area (Å²) in [6.07, 6.45) is 2.73. The number of aromatic nitrogens is 1. The Kier molecular flexibility index (Phi) is 4.14. The Morgan fingerprint density at radius 3 is 2.85 bits per heavy atom. The minimum absolute atomic E-state index is 0.409. The molecule has 0 spiro atoms. The Morgan fingerprint density at radius 2 is 2.15 bits per heavy atom. The van der Waals surface area contributed by atoms with E-state index in [1.165, 1.54) is 11.1 Å². The molecule has 2 heterocycles. The van der Waals surface area contributed by atoms with E-state index in [2.05, 4.69) is 46.6 Å². The van der Waals surface area contributed by atoms with Crippen molar-refractivity contribution in [2.24, 2.45) is 0 Å². The molecule has 20 heavy (non-hydrogen) atoms. The van der Waals surface area contributed by atoms with Gasteiger partial charge in [-0.15, -0.1) is 0 Å². The topological polar surface area (TPSA) is 41.3 Å². The van der Waals surface area contributed by atoms with Gasteiger partial charge in [0.25, 0.3) is 0 Å². The van der Waals surface area contributed by atoms with Crippen molar-refractivity contribution in [2.75, 3.05) is 19.6 Å². The average molecular weight is 271 g/mol. The van der Waals surface area contributed by atoms with Gasteiger partial charge in [-0.25, -0.2) is 0 Å². The van der Waals surface area contributed by atoms with E-state index < -0.39 is 0 Å². The number of piperazine rings is 1.